The second-order valence-corrected chi connectivity index (χ2v) is 7.22. The van der Waals surface area contributed by atoms with Crippen LogP contribution in [0.3, 0.4) is 0 Å². The van der Waals surface area contributed by atoms with Crippen LogP contribution in [-0.2, 0) is 26.8 Å². The fourth-order valence-electron chi connectivity index (χ4n) is 1.70. The van der Waals surface area contributed by atoms with Gasteiger partial charge in [0.2, 0.25) is 0 Å². The van der Waals surface area contributed by atoms with Crippen molar-refractivity contribution in [3.05, 3.63) is 46.4 Å². The number of rotatable bonds is 6. The van der Waals surface area contributed by atoms with Crippen molar-refractivity contribution in [2.75, 3.05) is 0 Å². The molecule has 1 aromatic carbocycles. The van der Waals surface area contributed by atoms with E-state index < -0.39 is 15.8 Å². The molecule has 0 bridgehead atoms. The molecule has 0 spiro atoms. The minimum Gasteiger partial charge on any atom is -0.481 e. The molecule has 0 aliphatic rings. The van der Waals surface area contributed by atoms with Gasteiger partial charge in [-0.25, -0.2) is 8.42 Å². The number of aromatic nitrogens is 1. The highest BCUT2D eigenvalue weighted by atomic mass is 32.2. The van der Waals surface area contributed by atoms with E-state index >= 15 is 0 Å². The summed E-state index contributed by atoms with van der Waals surface area (Å²) in [5.41, 5.74) is 2.41. The lowest BCUT2D eigenvalue weighted by Crippen LogP contribution is -2.04. The van der Waals surface area contributed by atoms with Crippen molar-refractivity contribution in [2.24, 2.45) is 0 Å². The molecule has 20 heavy (non-hydrogen) atoms. The molecule has 106 valence electrons. The quantitative estimate of drug-likeness (QED) is 0.883. The van der Waals surface area contributed by atoms with E-state index in [0.717, 1.165) is 5.56 Å². The van der Waals surface area contributed by atoms with Gasteiger partial charge in [-0.1, -0.05) is 12.1 Å². The molecule has 1 aromatic heterocycles. The Morgan fingerprint density at radius 1 is 1.25 bits per heavy atom. The third kappa shape index (κ3) is 3.88. The number of thiazole rings is 1. The number of hydrogen-bond acceptors (Lipinski definition) is 5. The first kappa shape index (κ1) is 14.7. The first-order chi connectivity index (χ1) is 9.47. The van der Waals surface area contributed by atoms with Gasteiger partial charge in [-0.05, 0) is 24.1 Å². The van der Waals surface area contributed by atoms with Crippen molar-refractivity contribution >= 4 is 27.1 Å². The SMILES string of the molecule is O=C(O)CCc1ccc(S(=O)(=O)Cc2cncs2)cc1. The van der Waals surface area contributed by atoms with Crippen LogP contribution in [0.5, 0.6) is 0 Å². The Balaban J connectivity index is 2.10. The van der Waals surface area contributed by atoms with Gasteiger partial charge in [-0.3, -0.25) is 9.78 Å². The zero-order valence-corrected chi connectivity index (χ0v) is 12.2. The van der Waals surface area contributed by atoms with E-state index in [1.54, 1.807) is 23.8 Å². The maximum atomic E-state index is 12.2. The zero-order chi connectivity index (χ0) is 14.6. The molecule has 0 atom stereocenters. The van der Waals surface area contributed by atoms with Gasteiger partial charge in [0, 0.05) is 17.5 Å². The standard InChI is InChI=1S/C13H13NO4S2/c15-13(16)6-3-10-1-4-12(5-2-10)20(17,18)8-11-7-14-9-19-11/h1-2,4-5,7,9H,3,6,8H2,(H,15,16). The molecule has 0 aliphatic carbocycles. The molecule has 7 heteroatoms. The summed E-state index contributed by atoms with van der Waals surface area (Å²) < 4.78 is 24.3. The third-order valence-electron chi connectivity index (χ3n) is 2.73. The topological polar surface area (TPSA) is 84.3 Å². The summed E-state index contributed by atoms with van der Waals surface area (Å²) in [6, 6.07) is 6.35. The Labute approximate surface area is 120 Å². The highest BCUT2D eigenvalue weighted by Crippen LogP contribution is 2.19. The molecule has 0 amide bonds. The minimum absolute atomic E-state index is 0.0347. The summed E-state index contributed by atoms with van der Waals surface area (Å²) in [7, 11) is -3.38. The maximum Gasteiger partial charge on any atom is 0.303 e. The molecular weight excluding hydrogens is 298 g/mol. The summed E-state index contributed by atoms with van der Waals surface area (Å²) in [5.74, 6) is -0.932. The number of hydrogen-bond donors (Lipinski definition) is 1. The van der Waals surface area contributed by atoms with Gasteiger partial charge in [0.05, 0.1) is 16.2 Å². The van der Waals surface area contributed by atoms with Gasteiger partial charge in [-0.15, -0.1) is 11.3 Å². The molecule has 0 unspecified atom stereocenters. The number of aryl methyl sites for hydroxylation is 1. The van der Waals surface area contributed by atoms with Crippen molar-refractivity contribution in [1.29, 1.82) is 0 Å². The van der Waals surface area contributed by atoms with E-state index in [1.807, 2.05) is 0 Å². The van der Waals surface area contributed by atoms with Gasteiger partial charge < -0.3 is 5.11 Å². The predicted octanol–water partition coefficient (Wildman–Crippen LogP) is 2.13. The maximum absolute atomic E-state index is 12.2. The van der Waals surface area contributed by atoms with Crippen LogP contribution in [0.15, 0.2) is 40.9 Å². The van der Waals surface area contributed by atoms with Crippen molar-refractivity contribution in [2.45, 2.75) is 23.5 Å². The second kappa shape index (κ2) is 6.15. The van der Waals surface area contributed by atoms with Crippen LogP contribution in [0.4, 0.5) is 0 Å². The van der Waals surface area contributed by atoms with Crippen LogP contribution in [0, 0.1) is 0 Å². The van der Waals surface area contributed by atoms with Gasteiger partial charge in [-0.2, -0.15) is 0 Å². The largest absolute Gasteiger partial charge is 0.481 e. The van der Waals surface area contributed by atoms with E-state index in [2.05, 4.69) is 4.98 Å². The summed E-state index contributed by atoms with van der Waals surface area (Å²) in [6.07, 6.45) is 1.97. The molecule has 0 saturated heterocycles. The smallest absolute Gasteiger partial charge is 0.303 e. The van der Waals surface area contributed by atoms with E-state index in [9.17, 15) is 13.2 Å². The zero-order valence-electron chi connectivity index (χ0n) is 10.5. The van der Waals surface area contributed by atoms with Crippen LogP contribution in [0.2, 0.25) is 0 Å². The van der Waals surface area contributed by atoms with E-state index in [-0.39, 0.29) is 17.1 Å². The lowest BCUT2D eigenvalue weighted by molar-refractivity contribution is -0.136. The first-order valence-corrected chi connectivity index (χ1v) is 8.41. The molecule has 1 heterocycles. The number of sulfone groups is 1. The Morgan fingerprint density at radius 3 is 2.50 bits per heavy atom. The van der Waals surface area contributed by atoms with E-state index in [4.69, 9.17) is 5.11 Å². The van der Waals surface area contributed by atoms with Crippen LogP contribution >= 0.6 is 11.3 Å². The number of carboxylic acid groups (broad SMARTS) is 1. The molecule has 0 aliphatic heterocycles. The summed E-state index contributed by atoms with van der Waals surface area (Å²) in [5, 5.41) is 8.60. The van der Waals surface area contributed by atoms with Crippen molar-refractivity contribution in [3.8, 4) is 0 Å². The fraction of sp³-hybridized carbons (Fsp3) is 0.231. The van der Waals surface area contributed by atoms with E-state index in [0.29, 0.717) is 11.3 Å². The Morgan fingerprint density at radius 2 is 1.95 bits per heavy atom. The number of benzene rings is 1. The molecule has 2 aromatic rings. The molecule has 0 fully saturated rings. The van der Waals surface area contributed by atoms with Crippen LogP contribution in [0.1, 0.15) is 16.9 Å². The second-order valence-electron chi connectivity index (χ2n) is 4.26. The summed E-state index contributed by atoms with van der Waals surface area (Å²) in [4.78, 5) is 15.3. The number of nitrogens with zero attached hydrogens (tertiary/aromatic N) is 1. The third-order valence-corrected chi connectivity index (χ3v) is 5.37. The number of carboxylic acids is 1. The lowest BCUT2D eigenvalue weighted by Gasteiger charge is -2.04. The number of aliphatic carboxylic acids is 1. The lowest BCUT2D eigenvalue weighted by atomic mass is 10.1. The van der Waals surface area contributed by atoms with Crippen molar-refractivity contribution in [1.82, 2.24) is 4.98 Å². The predicted molar refractivity (Wildman–Crippen MR) is 75.4 cm³/mol. The average molecular weight is 311 g/mol. The van der Waals surface area contributed by atoms with Gasteiger partial charge in [0.25, 0.3) is 0 Å². The highest BCUT2D eigenvalue weighted by Gasteiger charge is 2.16. The molecular formula is C13H13NO4S2. The summed E-state index contributed by atoms with van der Waals surface area (Å²) >= 11 is 1.30. The van der Waals surface area contributed by atoms with Gasteiger partial charge in [0.1, 0.15) is 0 Å². The Hall–Kier alpha value is -1.73. The Kier molecular flexibility index (Phi) is 4.51. The average Bonchev–Trinajstić information content (AvgIpc) is 2.89. The van der Waals surface area contributed by atoms with Crippen LogP contribution in [0.25, 0.3) is 0 Å². The van der Waals surface area contributed by atoms with Gasteiger partial charge >= 0.3 is 5.97 Å². The molecule has 5 nitrogen and oxygen atoms in total. The molecule has 0 saturated carbocycles. The summed E-state index contributed by atoms with van der Waals surface area (Å²) in [6.45, 7) is 0. The normalized spacial score (nSPS) is 11.4. The van der Waals surface area contributed by atoms with Crippen molar-refractivity contribution in [3.63, 3.8) is 0 Å². The molecule has 2 rings (SSSR count). The van der Waals surface area contributed by atoms with Gasteiger partial charge in [0.15, 0.2) is 9.84 Å². The first-order valence-electron chi connectivity index (χ1n) is 5.88. The molecule has 0 radical (unpaired) electrons. The molecule has 1 N–H and O–H groups in total. The monoisotopic (exact) mass is 311 g/mol. The van der Waals surface area contributed by atoms with Crippen molar-refractivity contribution < 1.29 is 18.3 Å². The van der Waals surface area contributed by atoms with E-state index in [1.165, 1.54) is 23.5 Å². The highest BCUT2D eigenvalue weighted by molar-refractivity contribution is 7.90. The minimum atomic E-state index is -3.38. The van der Waals surface area contributed by atoms with Crippen LogP contribution < -0.4 is 0 Å². The fourth-order valence-corrected chi connectivity index (χ4v) is 3.98. The Bertz CT molecular complexity index is 676. The van der Waals surface area contributed by atoms with Crippen LogP contribution in [-0.4, -0.2) is 24.5 Å². The number of carbonyl (C=O) groups is 1.